The van der Waals surface area contributed by atoms with Gasteiger partial charge in [-0.3, -0.25) is 43.7 Å². The van der Waals surface area contributed by atoms with Crippen molar-refractivity contribution in [3.63, 3.8) is 0 Å². The van der Waals surface area contributed by atoms with Crippen LogP contribution in [0.1, 0.15) is 129 Å². The average Bonchev–Trinajstić information content (AvgIpc) is 1.64. The molecule has 7 saturated heterocycles. The Morgan fingerprint density at radius 3 is 1.42 bits per heavy atom. The van der Waals surface area contributed by atoms with Crippen molar-refractivity contribution < 1.29 is 113 Å². The van der Waals surface area contributed by atoms with Gasteiger partial charge in [-0.05, 0) is 180 Å². The molecule has 7 heterocycles. The average molecular weight is 1590 g/mol. The number of carbonyl (C=O) groups is 8. The minimum Gasteiger partial charge on any atom is -0.480 e. The Morgan fingerprint density at radius 1 is 0.545 bits per heavy atom. The maximum atomic E-state index is 12.2. The second-order valence-electron chi connectivity index (χ2n) is 31.9. The fraction of sp³-hybridized carbons (Fsp3) is 0.873. The summed E-state index contributed by atoms with van der Waals surface area (Å²) in [7, 11) is 5.60. The molecule has 7 aliphatic heterocycles. The molecule has 41 heteroatoms. The van der Waals surface area contributed by atoms with Crippen molar-refractivity contribution in [2.45, 2.75) is 274 Å². The zero-order valence-electron chi connectivity index (χ0n) is 68.6. The molecule has 112 heavy (non-hydrogen) atoms. The Balaban J connectivity index is 0.000000670. The summed E-state index contributed by atoms with van der Waals surface area (Å²) in [6, 6.07) is -2.71. The second-order valence-corrected chi connectivity index (χ2v) is 31.9. The number of morpholine rings is 1. The highest BCUT2D eigenvalue weighted by molar-refractivity contribution is 6.50. The molecule has 0 spiro atoms. The van der Waals surface area contributed by atoms with Crippen LogP contribution in [-0.4, -0.2) is 325 Å². The lowest BCUT2D eigenvalue weighted by molar-refractivity contribution is -0.192. The van der Waals surface area contributed by atoms with Crippen LogP contribution in [0.2, 0.25) is 78.9 Å². The summed E-state index contributed by atoms with van der Waals surface area (Å²) in [5.74, 6) is -3.98. The van der Waals surface area contributed by atoms with Crippen LogP contribution in [-0.2, 0) is 52.7 Å². The van der Waals surface area contributed by atoms with E-state index in [0.717, 1.165) is 129 Å². The van der Waals surface area contributed by atoms with E-state index in [-0.39, 0.29) is 125 Å². The van der Waals surface area contributed by atoms with Crippen molar-refractivity contribution in [1.29, 1.82) is 0 Å². The van der Waals surface area contributed by atoms with E-state index in [4.69, 9.17) is 40.3 Å². The largest absolute Gasteiger partial charge is 0.480 e. The summed E-state index contributed by atoms with van der Waals surface area (Å²) in [6.07, 6.45) is 18.4. The van der Waals surface area contributed by atoms with Gasteiger partial charge in [-0.2, -0.15) is 9.59 Å². The standard InChI is InChI=1S/C14H26BN3O4.C13H26BN3O4.C13H27BN2O3.C11H22BNO4.C10H21BN2O2.C9H18BNO4.CO2/c1-15(22)6-2-4-9-11(8-17-12(9)14(20)21)18-13(19)10-5-3-7-16-10;1-8(15)12(18)17(3)10-7-16-11(13(19)20)9(10)5-4-6-14(2)21;1-14(19)8-4-5-11-6-9-15-13(11,12(17)18)7-10-16(2)3;1-12(17)6-2-3-9-4-7-13-11(9,5-8-14)10(15)16;1-8(14)13-10-7-12-6-9(10)4-3-5-11(2)15;1-10(14)4-2-3-7-8(9(12)13)11-5-6-15-7;2-1-3/h9-12,16-17,22H,2-8H2,1H3,(H,18,19)(H,20,21);8-11,16,21H,4-7,15H2,1-3H3,(H,19,20);11,15,19H,4-10H2,1-3H3,(H,17,18);9,13-14,17H,2-8H2,1H3,(H,15,16);9-10,12,15H,3-7H2,1-2H3,(H,13,14);7-8,11,14H,2-6H2,1H3,(H,12,13);. The number of ether oxygens (including phenoxy) is 1. The summed E-state index contributed by atoms with van der Waals surface area (Å²) < 4.78 is 5.41. The Labute approximate surface area is 665 Å². The van der Waals surface area contributed by atoms with Gasteiger partial charge in [0.2, 0.25) is 17.7 Å². The van der Waals surface area contributed by atoms with E-state index in [1.165, 1.54) is 0 Å². The summed E-state index contributed by atoms with van der Waals surface area (Å²) in [6.45, 7) is 18.6. The normalized spacial score (nSPS) is 26.9. The second kappa shape index (κ2) is 57.0. The molecule has 7 rings (SSSR count). The number of carbonyl (C=O) groups excluding carboxylic acids is 5. The minimum atomic E-state index is -0.965. The number of amides is 3. The topological polar surface area (TPSA) is 563 Å². The number of rotatable bonds is 39. The molecule has 0 aromatic heterocycles. The third-order valence-electron chi connectivity index (χ3n) is 22.1. The quantitative estimate of drug-likeness (QED) is 0.0322. The maximum Gasteiger partial charge on any atom is 0.373 e. The van der Waals surface area contributed by atoms with Gasteiger partial charge in [-0.25, -0.2) is 0 Å². The SMILES string of the molecule is CB(O)CCCC1C(C(=O)O)NCC1N(C)C(=O)C(C)N.CB(O)CCCC1C(NC(=O)C2CCCN2)CNC1C(=O)O.CB(O)CCCC1CCNC1(CCN(C)C)C(=O)O.CB(O)CCCC1CCNC1(CCO)C(=O)O.CB(O)CCCC1CNCC1NC(C)=O.CB(O)CCCC1OCCNC1C(=O)O.O=C=O. The third-order valence-corrected chi connectivity index (χ3v) is 22.1. The molecule has 640 valence electrons. The van der Waals surface area contributed by atoms with Crippen LogP contribution < -0.4 is 53.6 Å². The smallest absolute Gasteiger partial charge is 0.373 e. The van der Waals surface area contributed by atoms with E-state index < -0.39 is 72.0 Å². The number of nitrogens with two attached hydrogens (primary N) is 1. The van der Waals surface area contributed by atoms with Crippen molar-refractivity contribution in [2.75, 3.05) is 93.3 Å². The van der Waals surface area contributed by atoms with Crippen molar-refractivity contribution in [3.8, 4) is 0 Å². The number of carboxylic acid groups (broad SMARTS) is 5. The lowest BCUT2D eigenvalue weighted by atomic mass is 9.66. The molecule has 7 fully saturated rings. The first-order valence-electron chi connectivity index (χ1n) is 40.6. The monoisotopic (exact) mass is 1600 g/mol. The van der Waals surface area contributed by atoms with Gasteiger partial charge in [0.15, 0.2) is 0 Å². The number of aliphatic hydroxyl groups is 1. The van der Waals surface area contributed by atoms with E-state index >= 15 is 0 Å². The molecule has 0 bridgehead atoms. The zero-order chi connectivity index (χ0) is 84.8. The van der Waals surface area contributed by atoms with E-state index in [0.29, 0.717) is 89.7 Å². The lowest BCUT2D eigenvalue weighted by Gasteiger charge is -2.32. The molecule has 23 N–H and O–H groups in total. The van der Waals surface area contributed by atoms with Crippen molar-refractivity contribution in [3.05, 3.63) is 0 Å². The maximum absolute atomic E-state index is 12.2. The molecule has 16 atom stereocenters. The number of hydrogen-bond acceptors (Lipinski definition) is 27. The predicted molar refractivity (Wildman–Crippen MR) is 432 cm³/mol. The van der Waals surface area contributed by atoms with Gasteiger partial charge in [0, 0.05) is 83.3 Å². The molecule has 0 saturated carbocycles. The molecule has 35 nitrogen and oxygen atoms in total. The first kappa shape index (κ1) is 105. The first-order valence-corrected chi connectivity index (χ1v) is 40.6. The summed E-state index contributed by atoms with van der Waals surface area (Å²) in [5, 5.41) is 139. The Hall–Kier alpha value is -5.15. The van der Waals surface area contributed by atoms with Crippen molar-refractivity contribution in [1.82, 2.24) is 57.7 Å². The molecule has 7 aliphatic rings. The fourth-order valence-electron chi connectivity index (χ4n) is 16.0. The molecule has 0 aromatic rings. The number of hydrogen-bond donors (Lipinski definition) is 22. The lowest BCUT2D eigenvalue weighted by Crippen LogP contribution is -2.53. The summed E-state index contributed by atoms with van der Waals surface area (Å²) >= 11 is 0. The van der Waals surface area contributed by atoms with Crippen LogP contribution in [0.3, 0.4) is 0 Å². The highest BCUT2D eigenvalue weighted by Gasteiger charge is 2.50. The molecule has 0 aromatic carbocycles. The number of aliphatic carboxylic acids is 5. The number of carboxylic acids is 5. The highest BCUT2D eigenvalue weighted by Crippen LogP contribution is 2.36. The van der Waals surface area contributed by atoms with Crippen LogP contribution in [0.25, 0.3) is 0 Å². The minimum absolute atomic E-state index is 0.0316. The molecular weight excluding hydrogens is 1450 g/mol. The van der Waals surface area contributed by atoms with Crippen LogP contribution in [0.15, 0.2) is 0 Å². The number of nitrogens with zero attached hydrogens (tertiary/aromatic N) is 2. The van der Waals surface area contributed by atoms with Crippen LogP contribution >= 0.6 is 0 Å². The molecule has 16 unspecified atom stereocenters. The summed E-state index contributed by atoms with van der Waals surface area (Å²) in [4.78, 5) is 112. The Kier molecular flexibility index (Phi) is 53.4. The van der Waals surface area contributed by atoms with Gasteiger partial charge < -0.3 is 124 Å². The van der Waals surface area contributed by atoms with E-state index in [1.54, 1.807) is 59.9 Å². The van der Waals surface area contributed by atoms with Gasteiger partial charge in [-0.1, -0.05) is 79.5 Å². The van der Waals surface area contributed by atoms with Crippen LogP contribution in [0, 0.1) is 29.6 Å². The van der Waals surface area contributed by atoms with Crippen molar-refractivity contribution >= 4 is 95.2 Å². The highest BCUT2D eigenvalue weighted by atomic mass is 16.5. The first-order chi connectivity index (χ1) is 52.8. The number of aliphatic hydroxyl groups excluding tert-OH is 1. The Bertz CT molecular complexity index is 2740. The number of likely N-dealkylation sites (N-methyl/N-ethyl adjacent to an activating group) is 1. The van der Waals surface area contributed by atoms with Crippen LogP contribution in [0.5, 0.6) is 0 Å². The van der Waals surface area contributed by atoms with Gasteiger partial charge in [0.25, 0.3) is 41.5 Å². The number of nitrogens with one attached hydrogen (secondary N) is 9. The van der Waals surface area contributed by atoms with Crippen molar-refractivity contribution in [2.24, 2.45) is 35.3 Å². The molecule has 0 radical (unpaired) electrons. The molecule has 0 aliphatic carbocycles. The fourth-order valence-corrected chi connectivity index (χ4v) is 16.0. The molecule has 3 amide bonds. The van der Waals surface area contributed by atoms with Gasteiger partial charge in [0.1, 0.15) is 29.2 Å². The molecular formula is C71H140B6N12O23. The van der Waals surface area contributed by atoms with E-state index in [9.17, 15) is 78.9 Å². The van der Waals surface area contributed by atoms with Gasteiger partial charge >= 0.3 is 36.0 Å². The van der Waals surface area contributed by atoms with E-state index in [2.05, 4.69) is 47.9 Å². The summed E-state index contributed by atoms with van der Waals surface area (Å²) in [5.41, 5.74) is 3.88. The van der Waals surface area contributed by atoms with Crippen LogP contribution in [0.4, 0.5) is 0 Å². The third kappa shape index (κ3) is 39.7. The Morgan fingerprint density at radius 2 is 0.991 bits per heavy atom. The zero-order valence-corrected chi connectivity index (χ0v) is 68.6. The van der Waals surface area contributed by atoms with Gasteiger partial charge in [-0.15, -0.1) is 0 Å². The van der Waals surface area contributed by atoms with Gasteiger partial charge in [0.05, 0.1) is 24.8 Å². The van der Waals surface area contributed by atoms with E-state index in [1.807, 2.05) is 25.8 Å². The predicted octanol–water partition coefficient (Wildman–Crippen LogP) is -1.18.